The Labute approximate surface area is 809 Å². The second-order valence-corrected chi connectivity index (χ2v) is 42.1. The molecule has 1 unspecified atom stereocenters. The third kappa shape index (κ3) is 59.4. The molecule has 0 fully saturated rings. The van der Waals surface area contributed by atoms with Crippen LogP contribution in [0.1, 0.15) is 613 Å². The molecule has 0 saturated carbocycles. The molecule has 0 aromatic heterocycles. The first-order chi connectivity index (χ1) is 63.0. The average molecular weight is 1880 g/mol. The zero-order valence-corrected chi connectivity index (χ0v) is 90.2. The van der Waals surface area contributed by atoms with E-state index in [1.807, 2.05) is 0 Å². The number of aromatic hydroxyl groups is 3. The summed E-state index contributed by atoms with van der Waals surface area (Å²) in [5, 5.41) is 38.7. The van der Waals surface area contributed by atoms with E-state index in [2.05, 4.69) is 119 Å². The van der Waals surface area contributed by atoms with Crippen LogP contribution in [0.4, 0.5) is 0 Å². The van der Waals surface area contributed by atoms with Gasteiger partial charge in [0, 0.05) is 10.8 Å². The number of phenols is 3. The first kappa shape index (κ1) is 128. The minimum absolute atomic E-state index is 0.307. The Morgan fingerprint density at radius 2 is 0.377 bits per heavy atom. The first-order valence-electron chi connectivity index (χ1n) is 56.1. The Balaban J connectivity index is 0.0000130. The van der Waals surface area contributed by atoms with Gasteiger partial charge in [-0.2, -0.15) is 0 Å². The Hall–Kier alpha value is -2.01. The molecule has 0 heterocycles. The van der Waals surface area contributed by atoms with Gasteiger partial charge in [-0.3, -0.25) is 0 Å². The van der Waals surface area contributed by atoms with Gasteiger partial charge < -0.3 is 59.4 Å². The fourth-order valence-corrected chi connectivity index (χ4v) is 22.4. The maximum absolute atomic E-state index is 13.0. The molecule has 1 atom stereocenters. The molecule has 15 heteroatoms. The third-order valence-corrected chi connectivity index (χ3v) is 29.5. The van der Waals surface area contributed by atoms with Crippen LogP contribution in [0.5, 0.6) is 17.2 Å². The highest BCUT2D eigenvalue weighted by molar-refractivity contribution is 7.38. The zero-order chi connectivity index (χ0) is 96.3. The van der Waals surface area contributed by atoms with Gasteiger partial charge in [0.15, 0.2) is 0 Å². The van der Waals surface area contributed by atoms with E-state index in [-0.39, 0.29) is 10.8 Å². The Kier molecular flexibility index (Phi) is 87.1. The summed E-state index contributed by atoms with van der Waals surface area (Å²) in [6.45, 7) is 28.7. The Morgan fingerprint density at radius 1 is 0.208 bits per heavy atom. The van der Waals surface area contributed by atoms with E-state index in [4.69, 9.17) is 44.0 Å². The Morgan fingerprint density at radius 3 is 0.592 bits per heavy atom. The normalized spacial score (nSPS) is 12.3. The molecule has 0 amide bonds. The molecule has 3 aromatic rings. The molecule has 0 aliphatic heterocycles. The summed E-state index contributed by atoms with van der Waals surface area (Å²) in [4.78, 5) is 65.1. The van der Waals surface area contributed by atoms with E-state index in [1.54, 1.807) is 5.56 Å². The summed E-state index contributed by atoms with van der Waals surface area (Å²) in [7, 11) is -7.86. The van der Waals surface area contributed by atoms with Crippen LogP contribution in [0.2, 0.25) is 0 Å². The van der Waals surface area contributed by atoms with Crippen LogP contribution < -0.4 is 0 Å². The maximum atomic E-state index is 13.0. The lowest BCUT2D eigenvalue weighted by Gasteiger charge is -2.66. The number of aryl methyl sites for hydroxylation is 6. The second kappa shape index (κ2) is 88.4. The summed E-state index contributed by atoms with van der Waals surface area (Å²) >= 11 is 0. The highest BCUT2D eigenvalue weighted by Gasteiger charge is 2.66. The van der Waals surface area contributed by atoms with Crippen LogP contribution in [0.25, 0.3) is 0 Å². The molecule has 0 bridgehead atoms. The maximum Gasteiger partial charge on any atom is 0.324 e. The number of hydrogen-bond acceptors (Lipinski definition) is 12. The van der Waals surface area contributed by atoms with Gasteiger partial charge in [-0.15, -0.1) is 0 Å². The molecule has 12 nitrogen and oxygen atoms in total. The molecular weight excluding hydrogens is 1670 g/mol. The van der Waals surface area contributed by atoms with Crippen molar-refractivity contribution in [1.82, 2.24) is 0 Å². The molecule has 0 spiro atoms. The second-order valence-electron chi connectivity index (χ2n) is 40.4. The fraction of sp³-hybridized carbons (Fsp3) is 0.843. The molecule has 0 aliphatic rings. The molecular formula is C115H217O12P3. The topological polar surface area (TPSA) is 243 Å². The highest BCUT2D eigenvalue weighted by atomic mass is 31.2. The SMILES string of the molecule is CCCCCCCCCCCCCC(CCCCCCCCCCCCC)C(CCCCCCCCCCCCC)(c1cc(CCCC)c(O)cc1C)C(CCCCCCCCCCCCC)(CCCCCCCCCCCCC)C(CCCCCCCCCCCCC)(c1cc(CCCC)c(O)cc1C)c1cc(CCCC)c(O)cc1C.OP(O)O.OP(O)O.OP(O)O. The molecule has 3 aromatic carbocycles. The lowest BCUT2D eigenvalue weighted by atomic mass is 9.37. The van der Waals surface area contributed by atoms with Crippen molar-refractivity contribution >= 4 is 25.8 Å². The van der Waals surface area contributed by atoms with E-state index < -0.39 is 31.2 Å². The van der Waals surface area contributed by atoms with Crippen LogP contribution in [0, 0.1) is 32.1 Å². The molecule has 0 saturated heterocycles. The van der Waals surface area contributed by atoms with E-state index in [9.17, 15) is 15.3 Å². The number of benzene rings is 3. The highest BCUT2D eigenvalue weighted by Crippen LogP contribution is 2.71. The molecule has 764 valence electrons. The summed E-state index contributed by atoms with van der Waals surface area (Å²) in [6.07, 6.45) is 105. The molecule has 0 radical (unpaired) electrons. The lowest BCUT2D eigenvalue weighted by Crippen LogP contribution is -2.62. The standard InChI is InChI=1S/C115H208O3.3H3O3P/c1-13-22-31-37-43-49-55-61-67-73-79-88-106(89-80-74-68-62-56-50-44-38-32-23-14-2)114(92-83-77-71-65-59-53-47-41-35-26-17-5,107-97-103(85-28-19-7)110(116)94-100(107)10)113(90-81-75-69-63-57-51-45-39-33-24-15-3,91-82-76-70-64-58-52-46-40-34-25-16-4)115(93-84-78-72-66-60-54-48-42-36-27-18-6,108-98-104(86-29-20-8)111(117)95-101(108)11)109-99-105(87-30-21-9)112(118)96-102(109)12;3*1-4(2)3/h94-99,106,116-118H,13-93H2,1-12H3;3*1-3H. The average Bonchev–Trinajstić information content (AvgIpc) is 0.675. The summed E-state index contributed by atoms with van der Waals surface area (Å²) in [5.74, 6) is 1.95. The van der Waals surface area contributed by atoms with Gasteiger partial charge in [0.25, 0.3) is 0 Å². The minimum Gasteiger partial charge on any atom is -0.508 e. The predicted octanol–water partition coefficient (Wildman–Crippen LogP) is 37.4. The monoisotopic (exact) mass is 1880 g/mol. The van der Waals surface area contributed by atoms with E-state index in [1.165, 1.54) is 483 Å². The van der Waals surface area contributed by atoms with Crippen molar-refractivity contribution in [3.63, 3.8) is 0 Å². The molecule has 130 heavy (non-hydrogen) atoms. The number of rotatable bonds is 87. The lowest BCUT2D eigenvalue weighted by molar-refractivity contribution is -0.0507. The predicted molar refractivity (Wildman–Crippen MR) is 570 cm³/mol. The largest absolute Gasteiger partial charge is 0.508 e. The smallest absolute Gasteiger partial charge is 0.324 e. The summed E-state index contributed by atoms with van der Waals surface area (Å²) in [6, 6.07) is 15.2. The molecule has 12 N–H and O–H groups in total. The number of unbranched alkanes of at least 4 members (excludes halogenated alkanes) is 63. The van der Waals surface area contributed by atoms with Crippen molar-refractivity contribution in [3.8, 4) is 17.2 Å². The van der Waals surface area contributed by atoms with Crippen molar-refractivity contribution in [2.75, 3.05) is 0 Å². The summed E-state index contributed by atoms with van der Waals surface area (Å²) in [5.41, 5.74) is 11.0. The van der Waals surface area contributed by atoms with Crippen molar-refractivity contribution < 1.29 is 59.4 Å². The fourth-order valence-electron chi connectivity index (χ4n) is 22.4. The van der Waals surface area contributed by atoms with Crippen LogP contribution in [0.15, 0.2) is 36.4 Å². The van der Waals surface area contributed by atoms with Crippen LogP contribution in [0.3, 0.4) is 0 Å². The molecule has 3 rings (SSSR count). The van der Waals surface area contributed by atoms with Crippen LogP contribution in [-0.4, -0.2) is 59.4 Å². The van der Waals surface area contributed by atoms with Crippen molar-refractivity contribution in [2.45, 2.75) is 614 Å². The van der Waals surface area contributed by atoms with E-state index in [0.29, 0.717) is 23.2 Å². The van der Waals surface area contributed by atoms with Gasteiger partial charge in [0.2, 0.25) is 0 Å². The van der Waals surface area contributed by atoms with Crippen LogP contribution in [-0.2, 0) is 30.1 Å². The number of phenolic OH excluding ortho intramolecular Hbond substituents is 3. The van der Waals surface area contributed by atoms with Crippen molar-refractivity contribution in [3.05, 3.63) is 86.5 Å². The minimum atomic E-state index is -2.62. The quantitative estimate of drug-likeness (QED) is 0.0187. The third-order valence-electron chi connectivity index (χ3n) is 29.5. The van der Waals surface area contributed by atoms with Gasteiger partial charge in [-0.1, -0.05) is 524 Å². The van der Waals surface area contributed by atoms with Crippen molar-refractivity contribution in [1.29, 1.82) is 0 Å². The van der Waals surface area contributed by atoms with Crippen LogP contribution >= 0.6 is 25.8 Å². The summed E-state index contributed by atoms with van der Waals surface area (Å²) < 4.78 is 0. The Bertz CT molecular complexity index is 2820. The first-order valence-corrected chi connectivity index (χ1v) is 59.7. The van der Waals surface area contributed by atoms with Gasteiger partial charge >= 0.3 is 25.8 Å². The molecule has 0 aliphatic carbocycles. The van der Waals surface area contributed by atoms with E-state index >= 15 is 0 Å². The number of hydrogen-bond donors (Lipinski definition) is 12. The van der Waals surface area contributed by atoms with Gasteiger partial charge in [-0.05, 0) is 177 Å². The van der Waals surface area contributed by atoms with Crippen molar-refractivity contribution in [2.24, 2.45) is 11.3 Å². The van der Waals surface area contributed by atoms with Gasteiger partial charge in [0.1, 0.15) is 17.2 Å². The van der Waals surface area contributed by atoms with Gasteiger partial charge in [-0.25, -0.2) is 0 Å². The zero-order valence-electron chi connectivity index (χ0n) is 87.5. The van der Waals surface area contributed by atoms with Gasteiger partial charge in [0.05, 0.1) is 0 Å². The van der Waals surface area contributed by atoms with E-state index in [0.717, 1.165) is 81.8 Å².